The molecule has 0 heterocycles. The second-order valence-corrected chi connectivity index (χ2v) is 6.90. The fourth-order valence-corrected chi connectivity index (χ4v) is 3.74. The van der Waals surface area contributed by atoms with Crippen LogP contribution >= 0.6 is 11.6 Å². The Balaban J connectivity index is 1.83. The third kappa shape index (κ3) is 3.05. The molecule has 0 N–H and O–H groups in total. The van der Waals surface area contributed by atoms with Crippen LogP contribution in [0.5, 0.6) is 0 Å². The third-order valence-electron chi connectivity index (χ3n) is 4.73. The van der Waals surface area contributed by atoms with Gasteiger partial charge in [0.2, 0.25) is 0 Å². The summed E-state index contributed by atoms with van der Waals surface area (Å²) in [4.78, 5) is -0.711. The summed E-state index contributed by atoms with van der Waals surface area (Å²) in [5, 5.41) is 0. The highest BCUT2D eigenvalue weighted by Gasteiger charge is 2.33. The first-order valence-corrected chi connectivity index (χ1v) is 9.12. The number of alkyl halides is 1. The van der Waals surface area contributed by atoms with Crippen LogP contribution in [0.15, 0.2) is 115 Å². The van der Waals surface area contributed by atoms with Crippen LogP contribution in [0.2, 0.25) is 0 Å². The zero-order valence-electron chi connectivity index (χ0n) is 14.3. The molecule has 0 bridgehead atoms. The Morgan fingerprint density at radius 3 is 1.19 bits per heavy atom. The highest BCUT2D eigenvalue weighted by Crippen LogP contribution is 2.43. The SMILES string of the molecule is ClC(c1ccccc1)(c1ccccc1)c1ccc(-c2ccccc2)cc1. The fourth-order valence-electron chi connectivity index (χ4n) is 3.36. The molecule has 0 atom stereocenters. The van der Waals surface area contributed by atoms with Crippen LogP contribution in [0.1, 0.15) is 16.7 Å². The largest absolute Gasteiger partial charge is 0.119 e. The molecule has 4 aromatic rings. The Bertz CT molecular complexity index is 919. The summed E-state index contributed by atoms with van der Waals surface area (Å²) in [6, 6.07) is 39.5. The predicted octanol–water partition coefficient (Wildman–Crippen LogP) is 6.88. The standard InChI is InChI=1S/C25H19Cl/c26-25(22-12-6-2-7-13-22,23-14-8-3-9-15-23)24-18-16-21(17-19-24)20-10-4-1-5-11-20/h1-19H. The van der Waals surface area contributed by atoms with Crippen LogP contribution in [0.25, 0.3) is 11.1 Å². The minimum Gasteiger partial charge on any atom is -0.104 e. The molecule has 126 valence electrons. The maximum Gasteiger partial charge on any atom is 0.119 e. The highest BCUT2D eigenvalue weighted by atomic mass is 35.5. The molecule has 4 rings (SSSR count). The van der Waals surface area contributed by atoms with Crippen molar-refractivity contribution in [1.82, 2.24) is 0 Å². The van der Waals surface area contributed by atoms with Gasteiger partial charge in [-0.15, -0.1) is 11.6 Å². The molecule has 0 fully saturated rings. The second kappa shape index (κ2) is 7.19. The Kier molecular flexibility index (Phi) is 4.60. The fraction of sp³-hybridized carbons (Fsp3) is 0.0400. The van der Waals surface area contributed by atoms with E-state index in [9.17, 15) is 0 Å². The number of hydrogen-bond donors (Lipinski definition) is 0. The van der Waals surface area contributed by atoms with Crippen LogP contribution in [0, 0.1) is 0 Å². The van der Waals surface area contributed by atoms with E-state index in [1.807, 2.05) is 42.5 Å². The van der Waals surface area contributed by atoms with Gasteiger partial charge in [-0.3, -0.25) is 0 Å². The lowest BCUT2D eigenvalue weighted by atomic mass is 9.83. The topological polar surface area (TPSA) is 0 Å². The summed E-state index contributed by atoms with van der Waals surface area (Å²) >= 11 is 7.31. The van der Waals surface area contributed by atoms with Crippen LogP contribution in [-0.4, -0.2) is 0 Å². The summed E-state index contributed by atoms with van der Waals surface area (Å²) in [7, 11) is 0. The van der Waals surface area contributed by atoms with Crippen molar-refractivity contribution in [3.63, 3.8) is 0 Å². The van der Waals surface area contributed by atoms with Crippen LogP contribution in [0.4, 0.5) is 0 Å². The summed E-state index contributed by atoms with van der Waals surface area (Å²) in [5.41, 5.74) is 5.60. The number of hydrogen-bond acceptors (Lipinski definition) is 0. The predicted molar refractivity (Wildman–Crippen MR) is 110 cm³/mol. The molecule has 0 radical (unpaired) electrons. The van der Waals surface area contributed by atoms with E-state index in [0.29, 0.717) is 0 Å². The molecule has 0 nitrogen and oxygen atoms in total. The Hall–Kier alpha value is -2.83. The van der Waals surface area contributed by atoms with Gasteiger partial charge in [-0.25, -0.2) is 0 Å². The van der Waals surface area contributed by atoms with Crippen molar-refractivity contribution >= 4 is 11.6 Å². The number of rotatable bonds is 4. The molecule has 0 spiro atoms. The highest BCUT2D eigenvalue weighted by molar-refractivity contribution is 6.28. The average molecular weight is 355 g/mol. The second-order valence-electron chi connectivity index (χ2n) is 6.33. The summed E-state index contributed by atoms with van der Waals surface area (Å²) in [5.74, 6) is 0. The van der Waals surface area contributed by atoms with E-state index in [1.54, 1.807) is 0 Å². The monoisotopic (exact) mass is 354 g/mol. The maximum atomic E-state index is 7.31. The quantitative estimate of drug-likeness (QED) is 0.276. The van der Waals surface area contributed by atoms with E-state index < -0.39 is 4.87 Å². The van der Waals surface area contributed by atoms with Crippen molar-refractivity contribution in [1.29, 1.82) is 0 Å². The molecule has 0 unspecified atom stereocenters. The minimum absolute atomic E-state index is 0.711. The molecular weight excluding hydrogens is 336 g/mol. The number of halogens is 1. The maximum absolute atomic E-state index is 7.31. The number of benzene rings is 4. The van der Waals surface area contributed by atoms with Crippen molar-refractivity contribution in [2.24, 2.45) is 0 Å². The normalized spacial score (nSPS) is 11.3. The Labute approximate surface area is 159 Å². The molecule has 0 aliphatic carbocycles. The molecule has 0 amide bonds. The molecule has 26 heavy (non-hydrogen) atoms. The summed E-state index contributed by atoms with van der Waals surface area (Å²) < 4.78 is 0. The van der Waals surface area contributed by atoms with Gasteiger partial charge in [0.05, 0.1) is 0 Å². The van der Waals surface area contributed by atoms with Gasteiger partial charge in [0.25, 0.3) is 0 Å². The molecule has 0 aliphatic heterocycles. The smallest absolute Gasteiger partial charge is 0.104 e. The Morgan fingerprint density at radius 1 is 0.385 bits per heavy atom. The van der Waals surface area contributed by atoms with Crippen molar-refractivity contribution in [3.8, 4) is 11.1 Å². The van der Waals surface area contributed by atoms with Gasteiger partial charge in [0.1, 0.15) is 4.87 Å². The molecule has 0 aliphatic rings. The third-order valence-corrected chi connectivity index (χ3v) is 5.39. The van der Waals surface area contributed by atoms with E-state index in [1.165, 1.54) is 11.1 Å². The van der Waals surface area contributed by atoms with Crippen molar-refractivity contribution in [2.75, 3.05) is 0 Å². The minimum atomic E-state index is -0.711. The Morgan fingerprint density at radius 2 is 0.731 bits per heavy atom. The van der Waals surface area contributed by atoms with Gasteiger partial charge in [0.15, 0.2) is 0 Å². The summed E-state index contributed by atoms with van der Waals surface area (Å²) in [6.45, 7) is 0. The molecule has 0 saturated carbocycles. The lowest BCUT2D eigenvalue weighted by Gasteiger charge is -2.29. The van der Waals surface area contributed by atoms with Crippen molar-refractivity contribution in [3.05, 3.63) is 132 Å². The molecule has 0 aromatic heterocycles. The van der Waals surface area contributed by atoms with Gasteiger partial charge in [-0.1, -0.05) is 115 Å². The van der Waals surface area contributed by atoms with Gasteiger partial charge in [-0.2, -0.15) is 0 Å². The molecule has 0 saturated heterocycles. The van der Waals surface area contributed by atoms with Crippen molar-refractivity contribution < 1.29 is 0 Å². The van der Waals surface area contributed by atoms with E-state index in [0.717, 1.165) is 16.7 Å². The molecule has 4 aromatic carbocycles. The summed E-state index contributed by atoms with van der Waals surface area (Å²) in [6.07, 6.45) is 0. The van der Waals surface area contributed by atoms with Crippen LogP contribution in [-0.2, 0) is 4.87 Å². The zero-order chi connectivity index (χ0) is 17.8. The molecule has 1 heteroatoms. The van der Waals surface area contributed by atoms with Crippen molar-refractivity contribution in [2.45, 2.75) is 4.87 Å². The van der Waals surface area contributed by atoms with E-state index in [-0.39, 0.29) is 0 Å². The first kappa shape index (κ1) is 16.6. The first-order valence-electron chi connectivity index (χ1n) is 8.74. The van der Waals surface area contributed by atoms with Crippen LogP contribution in [0.3, 0.4) is 0 Å². The van der Waals surface area contributed by atoms with E-state index in [4.69, 9.17) is 11.6 Å². The van der Waals surface area contributed by atoms with Gasteiger partial charge in [-0.05, 0) is 27.8 Å². The average Bonchev–Trinajstić information content (AvgIpc) is 2.75. The first-order chi connectivity index (χ1) is 12.8. The van der Waals surface area contributed by atoms with Gasteiger partial charge in [0, 0.05) is 0 Å². The van der Waals surface area contributed by atoms with Gasteiger partial charge < -0.3 is 0 Å². The zero-order valence-corrected chi connectivity index (χ0v) is 15.1. The lowest BCUT2D eigenvalue weighted by molar-refractivity contribution is 0.880. The van der Waals surface area contributed by atoms with Gasteiger partial charge >= 0.3 is 0 Å². The van der Waals surface area contributed by atoms with E-state index in [2.05, 4.69) is 72.8 Å². The van der Waals surface area contributed by atoms with E-state index >= 15 is 0 Å². The lowest BCUT2D eigenvalue weighted by Crippen LogP contribution is -2.22. The molecular formula is C25H19Cl. The van der Waals surface area contributed by atoms with Crippen LogP contribution < -0.4 is 0 Å².